The summed E-state index contributed by atoms with van der Waals surface area (Å²) in [6.45, 7) is 0.662. The lowest BCUT2D eigenvalue weighted by molar-refractivity contribution is -0.137. The van der Waals surface area contributed by atoms with E-state index < -0.39 is 16.1 Å². The summed E-state index contributed by atoms with van der Waals surface area (Å²) >= 11 is 0. The molecule has 0 unspecified atom stereocenters. The minimum absolute atomic E-state index is 0.0154. The number of nitrogens with zero attached hydrogens (tertiary/aromatic N) is 1. The van der Waals surface area contributed by atoms with Gasteiger partial charge in [-0.3, -0.25) is 14.9 Å². The molecule has 1 heterocycles. The number of H-pyrrole nitrogens is 1. The lowest BCUT2D eigenvalue weighted by atomic mass is 10.2. The van der Waals surface area contributed by atoms with Gasteiger partial charge in [-0.2, -0.15) is 8.42 Å². The summed E-state index contributed by atoms with van der Waals surface area (Å²) in [4.78, 5) is 29.7. The smallest absolute Gasteiger partial charge is 0.339 e. The Labute approximate surface area is 196 Å². The van der Waals surface area contributed by atoms with Gasteiger partial charge >= 0.3 is 16.1 Å². The van der Waals surface area contributed by atoms with Crippen LogP contribution in [-0.4, -0.2) is 41.9 Å². The summed E-state index contributed by atoms with van der Waals surface area (Å²) in [5, 5.41) is 14.5. The fraction of sp³-hybridized carbons (Fsp3) is 0.348. The Bertz CT molecular complexity index is 1280. The van der Waals surface area contributed by atoms with Gasteiger partial charge in [-0.15, -0.1) is 0 Å². The van der Waals surface area contributed by atoms with Gasteiger partial charge in [0.05, 0.1) is 11.0 Å². The predicted octanol–water partition coefficient (Wildman–Crippen LogP) is 3.74. The van der Waals surface area contributed by atoms with E-state index in [1.807, 2.05) is 0 Å². The zero-order valence-corrected chi connectivity index (χ0v) is 19.2. The number of aliphatic carboxylic acids is 1. The molecule has 4 N–H and O–H groups in total. The molecule has 0 bridgehead atoms. The van der Waals surface area contributed by atoms with Crippen LogP contribution in [0.5, 0.6) is 5.75 Å². The Morgan fingerprint density at radius 2 is 1.85 bits per heavy atom. The van der Waals surface area contributed by atoms with Crippen molar-refractivity contribution in [1.82, 2.24) is 9.97 Å². The van der Waals surface area contributed by atoms with Gasteiger partial charge in [-0.1, -0.05) is 6.42 Å². The highest BCUT2D eigenvalue weighted by molar-refractivity contribution is 7.87. The second kappa shape index (κ2) is 10.1. The van der Waals surface area contributed by atoms with Crippen LogP contribution >= 0.6 is 0 Å². The van der Waals surface area contributed by atoms with Crippen LogP contribution in [0.4, 0.5) is 11.6 Å². The van der Waals surface area contributed by atoms with Gasteiger partial charge < -0.3 is 19.6 Å². The molecular formula is C23H26N4O6S. The molecule has 1 aliphatic rings. The molecule has 0 aliphatic heterocycles. The molecule has 0 spiro atoms. The third kappa shape index (κ3) is 6.25. The zero-order chi connectivity index (χ0) is 24.1. The van der Waals surface area contributed by atoms with Crippen LogP contribution in [0.1, 0.15) is 38.5 Å². The number of amides is 1. The van der Waals surface area contributed by atoms with Crippen molar-refractivity contribution in [2.75, 3.05) is 17.2 Å². The topological polar surface area (TPSA) is 150 Å². The number of fused-ring (bicyclic) bond motifs is 1. The van der Waals surface area contributed by atoms with Gasteiger partial charge in [0.2, 0.25) is 11.9 Å². The molecule has 1 aromatic heterocycles. The summed E-state index contributed by atoms with van der Waals surface area (Å²) < 4.78 is 30.7. The molecule has 4 rings (SSSR count). The molecule has 1 fully saturated rings. The molecule has 1 amide bonds. The number of carboxylic acids is 1. The van der Waals surface area contributed by atoms with Crippen LogP contribution in [0, 0.1) is 5.92 Å². The number of nitrogens with one attached hydrogen (secondary N) is 3. The minimum atomic E-state index is -4.04. The van der Waals surface area contributed by atoms with Crippen LogP contribution in [0.25, 0.3) is 11.0 Å². The Morgan fingerprint density at radius 3 is 2.56 bits per heavy atom. The molecule has 0 saturated heterocycles. The van der Waals surface area contributed by atoms with Crippen LogP contribution in [0.3, 0.4) is 0 Å². The maximum absolute atomic E-state index is 12.7. The van der Waals surface area contributed by atoms with Crippen LogP contribution in [-0.2, 0) is 19.7 Å². The number of anilines is 2. The van der Waals surface area contributed by atoms with E-state index in [4.69, 9.17) is 9.29 Å². The molecule has 11 heteroatoms. The molecule has 0 atom stereocenters. The first-order valence-electron chi connectivity index (χ1n) is 11.1. The Morgan fingerprint density at radius 1 is 1.09 bits per heavy atom. The van der Waals surface area contributed by atoms with E-state index in [0.717, 1.165) is 31.4 Å². The van der Waals surface area contributed by atoms with Crippen molar-refractivity contribution in [3.05, 3.63) is 42.5 Å². The van der Waals surface area contributed by atoms with Gasteiger partial charge in [0.1, 0.15) is 10.6 Å². The summed E-state index contributed by atoms with van der Waals surface area (Å²) in [5.41, 5.74) is 1.88. The number of carbonyl (C=O) groups is 2. The third-order valence-electron chi connectivity index (χ3n) is 5.39. The maximum Gasteiger partial charge on any atom is 0.339 e. The number of hydrogen-bond donors (Lipinski definition) is 4. The first-order valence-corrected chi connectivity index (χ1v) is 12.5. The molecule has 1 aliphatic carbocycles. The number of aromatic nitrogens is 2. The highest BCUT2D eigenvalue weighted by Gasteiger charge is 2.30. The molecule has 1 saturated carbocycles. The molecular weight excluding hydrogens is 460 g/mol. The number of rotatable bonds is 12. The van der Waals surface area contributed by atoms with Crippen molar-refractivity contribution >= 4 is 44.7 Å². The van der Waals surface area contributed by atoms with Gasteiger partial charge in [-0.25, -0.2) is 4.98 Å². The number of imidazole rings is 1. The van der Waals surface area contributed by atoms with Gasteiger partial charge in [0.15, 0.2) is 0 Å². The maximum atomic E-state index is 12.7. The number of hydrogen-bond acceptors (Lipinski definition) is 7. The first kappa shape index (κ1) is 23.6. The van der Waals surface area contributed by atoms with Crippen LogP contribution in [0.2, 0.25) is 0 Å². The highest BCUT2D eigenvalue weighted by atomic mass is 32.2. The fourth-order valence-electron chi connectivity index (χ4n) is 3.39. The average molecular weight is 487 g/mol. The minimum Gasteiger partial charge on any atom is -0.481 e. The number of benzene rings is 2. The molecule has 34 heavy (non-hydrogen) atoms. The predicted molar refractivity (Wildman–Crippen MR) is 126 cm³/mol. The Hall–Kier alpha value is -3.60. The van der Waals surface area contributed by atoms with Crippen molar-refractivity contribution in [1.29, 1.82) is 0 Å². The lowest BCUT2D eigenvalue weighted by Crippen LogP contribution is -2.14. The fourth-order valence-corrected chi connectivity index (χ4v) is 4.31. The van der Waals surface area contributed by atoms with Crippen molar-refractivity contribution < 1.29 is 27.3 Å². The molecule has 10 nitrogen and oxygen atoms in total. The summed E-state index contributed by atoms with van der Waals surface area (Å²) in [6.07, 6.45) is 4.18. The average Bonchev–Trinajstić information content (AvgIpc) is 3.57. The Balaban J connectivity index is 1.33. The summed E-state index contributed by atoms with van der Waals surface area (Å²) in [5.74, 6) is -0.382. The molecule has 2 aromatic carbocycles. The second-order valence-corrected chi connectivity index (χ2v) is 9.77. The molecule has 3 aromatic rings. The van der Waals surface area contributed by atoms with E-state index in [2.05, 4.69) is 20.6 Å². The van der Waals surface area contributed by atoms with E-state index in [0.29, 0.717) is 29.9 Å². The molecule has 180 valence electrons. The lowest BCUT2D eigenvalue weighted by Gasteiger charge is -2.09. The number of carboxylic acid groups (broad SMARTS) is 1. The highest BCUT2D eigenvalue weighted by Crippen LogP contribution is 2.30. The zero-order valence-electron chi connectivity index (χ0n) is 18.4. The normalized spacial score (nSPS) is 13.5. The monoisotopic (exact) mass is 486 g/mol. The number of unbranched alkanes of at least 4 members (excludes halogenated alkanes) is 2. The van der Waals surface area contributed by atoms with Gasteiger partial charge in [-0.05, 0) is 62.1 Å². The number of carbonyl (C=O) groups excluding carboxylic acids is 1. The van der Waals surface area contributed by atoms with Crippen LogP contribution in [0.15, 0.2) is 47.4 Å². The van der Waals surface area contributed by atoms with Crippen molar-refractivity contribution in [3.8, 4) is 5.75 Å². The summed E-state index contributed by atoms with van der Waals surface area (Å²) in [6, 6.07) is 10.9. The van der Waals surface area contributed by atoms with Gasteiger partial charge in [0.25, 0.3) is 0 Å². The molecule has 0 radical (unpaired) electrons. The van der Waals surface area contributed by atoms with E-state index >= 15 is 0 Å². The van der Waals surface area contributed by atoms with Crippen molar-refractivity contribution in [2.45, 2.75) is 43.4 Å². The quantitative estimate of drug-likeness (QED) is 0.223. The van der Waals surface area contributed by atoms with E-state index in [1.165, 1.54) is 24.3 Å². The van der Waals surface area contributed by atoms with E-state index in [1.54, 1.807) is 18.2 Å². The van der Waals surface area contributed by atoms with E-state index in [9.17, 15) is 18.0 Å². The van der Waals surface area contributed by atoms with Crippen molar-refractivity contribution in [3.63, 3.8) is 0 Å². The van der Waals surface area contributed by atoms with E-state index in [-0.39, 0.29) is 28.9 Å². The SMILES string of the molecule is O=C(O)CCCCCNc1ccc(S(=O)(=O)Oc2ccc3nc(NC(=O)C4CC4)[nH]c3c2)cc1. The summed E-state index contributed by atoms with van der Waals surface area (Å²) in [7, 11) is -4.04. The van der Waals surface area contributed by atoms with Gasteiger partial charge in [0, 0.05) is 30.6 Å². The first-order chi connectivity index (χ1) is 16.3. The number of aromatic amines is 1. The third-order valence-corrected chi connectivity index (χ3v) is 6.65. The standard InChI is InChI=1S/C23H26N4O6S/c28-21(29)4-2-1-3-13-24-16-7-10-18(11-8-16)34(31,32)33-17-9-12-19-20(14-17)26-23(25-19)27-22(30)15-5-6-15/h7-12,14-15,24H,1-6,13H2,(H,28,29)(H2,25,26,27,30). The largest absolute Gasteiger partial charge is 0.481 e. The second-order valence-electron chi connectivity index (χ2n) is 8.22. The van der Waals surface area contributed by atoms with Crippen LogP contribution < -0.4 is 14.8 Å². The van der Waals surface area contributed by atoms with Crippen molar-refractivity contribution in [2.24, 2.45) is 5.92 Å². The Kier molecular flexibility index (Phi) is 7.01.